The van der Waals surface area contributed by atoms with E-state index in [2.05, 4.69) is 10.0 Å². The molecule has 0 aromatic rings. The molecule has 0 aliphatic rings. The third-order valence-electron chi connectivity index (χ3n) is 1.69. The van der Waals surface area contributed by atoms with Crippen LogP contribution >= 0.6 is 11.8 Å². The molecule has 0 aliphatic carbocycles. The fourth-order valence-electron chi connectivity index (χ4n) is 0.955. The van der Waals surface area contributed by atoms with Crippen molar-refractivity contribution in [3.63, 3.8) is 0 Å². The van der Waals surface area contributed by atoms with E-state index in [1.54, 1.807) is 11.8 Å². The summed E-state index contributed by atoms with van der Waals surface area (Å²) in [4.78, 5) is 0. The first-order valence-electron chi connectivity index (χ1n) is 4.73. The summed E-state index contributed by atoms with van der Waals surface area (Å²) >= 11 is 1.73. The van der Waals surface area contributed by atoms with Crippen LogP contribution in [0.25, 0.3) is 0 Å². The minimum Gasteiger partial charge on any atom is -0.320 e. The Bertz CT molecular complexity index is 217. The van der Waals surface area contributed by atoms with Crippen molar-refractivity contribution in [2.45, 2.75) is 12.8 Å². The summed E-state index contributed by atoms with van der Waals surface area (Å²) in [5, 5.41) is 2.92. The van der Waals surface area contributed by atoms with Crippen molar-refractivity contribution in [1.82, 2.24) is 10.0 Å². The zero-order chi connectivity index (χ0) is 10.9. The maximum absolute atomic E-state index is 11.3. The fourth-order valence-corrected chi connectivity index (χ4v) is 2.51. The van der Waals surface area contributed by atoms with Crippen LogP contribution in [0.4, 0.5) is 0 Å². The normalized spacial score (nSPS) is 11.9. The van der Waals surface area contributed by atoms with Gasteiger partial charge in [-0.05, 0) is 38.4 Å². The van der Waals surface area contributed by atoms with Gasteiger partial charge in [0.05, 0.1) is 5.75 Å². The summed E-state index contributed by atoms with van der Waals surface area (Å²) < 4.78 is 25.2. The van der Waals surface area contributed by atoms with Gasteiger partial charge in [0.15, 0.2) is 0 Å². The number of hydrogen-bond donors (Lipinski definition) is 2. The van der Waals surface area contributed by atoms with E-state index in [9.17, 15) is 8.42 Å². The predicted molar refractivity (Wildman–Crippen MR) is 63.3 cm³/mol. The first-order valence-corrected chi connectivity index (χ1v) is 7.78. The van der Waals surface area contributed by atoms with E-state index in [0.29, 0.717) is 13.0 Å². The molecule has 4 nitrogen and oxygen atoms in total. The van der Waals surface area contributed by atoms with Crippen molar-refractivity contribution >= 4 is 21.8 Å². The van der Waals surface area contributed by atoms with Crippen molar-refractivity contribution in [3.8, 4) is 0 Å². The monoisotopic (exact) mass is 240 g/mol. The van der Waals surface area contributed by atoms with Gasteiger partial charge in [-0.3, -0.25) is 0 Å². The van der Waals surface area contributed by atoms with Crippen LogP contribution in [0.2, 0.25) is 0 Å². The van der Waals surface area contributed by atoms with Crippen molar-refractivity contribution in [2.24, 2.45) is 0 Å². The van der Waals surface area contributed by atoms with Gasteiger partial charge < -0.3 is 5.32 Å². The molecule has 0 bridgehead atoms. The van der Waals surface area contributed by atoms with Gasteiger partial charge in [0.1, 0.15) is 0 Å². The lowest BCUT2D eigenvalue weighted by molar-refractivity contribution is 0.577. The van der Waals surface area contributed by atoms with E-state index < -0.39 is 10.0 Å². The molecule has 14 heavy (non-hydrogen) atoms. The molecule has 0 aromatic heterocycles. The van der Waals surface area contributed by atoms with Crippen molar-refractivity contribution in [1.29, 1.82) is 0 Å². The molecule has 6 heteroatoms. The minimum absolute atomic E-state index is 0.215. The number of nitrogens with one attached hydrogen (secondary N) is 2. The summed E-state index contributed by atoms with van der Waals surface area (Å²) in [5.41, 5.74) is 0. The molecule has 0 saturated carbocycles. The summed E-state index contributed by atoms with van der Waals surface area (Å²) in [6, 6.07) is 0. The van der Waals surface area contributed by atoms with Gasteiger partial charge >= 0.3 is 0 Å². The Kier molecular flexibility index (Phi) is 8.66. The highest BCUT2D eigenvalue weighted by Crippen LogP contribution is 1.95. The number of thioether (sulfide) groups is 1. The highest BCUT2D eigenvalue weighted by molar-refractivity contribution is 7.98. The predicted octanol–water partition coefficient (Wildman–Crippen LogP) is 0.268. The minimum atomic E-state index is -3.03. The Morgan fingerprint density at radius 1 is 1.21 bits per heavy atom. The fraction of sp³-hybridized carbons (Fsp3) is 1.00. The molecular weight excluding hydrogens is 220 g/mol. The topological polar surface area (TPSA) is 58.2 Å². The number of hydrogen-bond acceptors (Lipinski definition) is 4. The van der Waals surface area contributed by atoms with Gasteiger partial charge in [-0.2, -0.15) is 11.8 Å². The lowest BCUT2D eigenvalue weighted by Gasteiger charge is -2.05. The van der Waals surface area contributed by atoms with Crippen LogP contribution in [-0.2, 0) is 10.0 Å². The molecule has 0 fully saturated rings. The molecule has 0 unspecified atom stereocenters. The Labute approximate surface area is 91.3 Å². The van der Waals surface area contributed by atoms with E-state index in [4.69, 9.17) is 0 Å². The Hall–Kier alpha value is 0.220. The van der Waals surface area contributed by atoms with Crippen LogP contribution in [0.3, 0.4) is 0 Å². The first kappa shape index (κ1) is 14.2. The SMILES string of the molecule is CNCCCS(=O)(=O)NCCCSC. The van der Waals surface area contributed by atoms with Gasteiger partial charge in [-0.15, -0.1) is 0 Å². The third kappa shape index (κ3) is 8.80. The molecule has 0 aliphatic heterocycles. The molecule has 0 radical (unpaired) electrons. The quantitative estimate of drug-likeness (QED) is 0.568. The van der Waals surface area contributed by atoms with Crippen LogP contribution in [0, 0.1) is 0 Å². The molecule has 0 saturated heterocycles. The van der Waals surface area contributed by atoms with E-state index in [1.165, 1.54) is 0 Å². The highest BCUT2D eigenvalue weighted by Gasteiger charge is 2.07. The average molecular weight is 240 g/mol. The lowest BCUT2D eigenvalue weighted by Crippen LogP contribution is -2.28. The summed E-state index contributed by atoms with van der Waals surface area (Å²) in [5.74, 6) is 1.21. The Morgan fingerprint density at radius 3 is 2.50 bits per heavy atom. The van der Waals surface area contributed by atoms with Gasteiger partial charge in [-0.25, -0.2) is 13.1 Å². The number of rotatable bonds is 9. The van der Waals surface area contributed by atoms with E-state index in [0.717, 1.165) is 18.7 Å². The Morgan fingerprint density at radius 2 is 1.93 bits per heavy atom. The number of sulfonamides is 1. The molecule has 0 aromatic carbocycles. The van der Waals surface area contributed by atoms with Crippen LogP contribution in [0.5, 0.6) is 0 Å². The summed E-state index contributed by atoms with van der Waals surface area (Å²) in [6.45, 7) is 1.30. The van der Waals surface area contributed by atoms with E-state index in [1.807, 2.05) is 13.3 Å². The zero-order valence-corrected chi connectivity index (χ0v) is 10.5. The van der Waals surface area contributed by atoms with Gasteiger partial charge in [0.25, 0.3) is 0 Å². The third-order valence-corrected chi connectivity index (χ3v) is 3.85. The maximum Gasteiger partial charge on any atom is 0.211 e. The van der Waals surface area contributed by atoms with Gasteiger partial charge in [0.2, 0.25) is 10.0 Å². The molecular formula is C8H20N2O2S2. The second-order valence-corrected chi connectivity index (χ2v) is 5.93. The van der Waals surface area contributed by atoms with Crippen LogP contribution in [0.1, 0.15) is 12.8 Å². The summed E-state index contributed by atoms with van der Waals surface area (Å²) in [6.07, 6.45) is 3.57. The largest absolute Gasteiger partial charge is 0.320 e. The molecule has 0 amide bonds. The van der Waals surface area contributed by atoms with E-state index >= 15 is 0 Å². The van der Waals surface area contributed by atoms with Crippen LogP contribution < -0.4 is 10.0 Å². The molecule has 0 rings (SSSR count). The molecule has 86 valence electrons. The molecule has 0 atom stereocenters. The van der Waals surface area contributed by atoms with Crippen molar-refractivity contribution in [2.75, 3.05) is 37.9 Å². The first-order chi connectivity index (χ1) is 6.62. The van der Waals surface area contributed by atoms with Crippen molar-refractivity contribution in [3.05, 3.63) is 0 Å². The Balaban J connectivity index is 3.52. The van der Waals surface area contributed by atoms with Gasteiger partial charge in [-0.1, -0.05) is 0 Å². The standard InChI is InChI=1S/C8H20N2O2S2/c1-9-5-4-8-14(11,12)10-6-3-7-13-2/h9-10H,3-8H2,1-2H3. The lowest BCUT2D eigenvalue weighted by atomic mass is 10.5. The molecule has 0 heterocycles. The molecule has 2 N–H and O–H groups in total. The smallest absolute Gasteiger partial charge is 0.211 e. The average Bonchev–Trinajstić information content (AvgIpc) is 2.13. The highest BCUT2D eigenvalue weighted by atomic mass is 32.2. The van der Waals surface area contributed by atoms with Crippen LogP contribution in [0.15, 0.2) is 0 Å². The van der Waals surface area contributed by atoms with Crippen molar-refractivity contribution < 1.29 is 8.42 Å². The molecule has 0 spiro atoms. The maximum atomic E-state index is 11.3. The van der Waals surface area contributed by atoms with Crippen LogP contribution in [-0.4, -0.2) is 46.3 Å². The second-order valence-electron chi connectivity index (χ2n) is 3.02. The second kappa shape index (κ2) is 8.52. The zero-order valence-electron chi connectivity index (χ0n) is 8.88. The van der Waals surface area contributed by atoms with E-state index in [-0.39, 0.29) is 5.75 Å². The van der Waals surface area contributed by atoms with Gasteiger partial charge in [0, 0.05) is 6.54 Å². The summed E-state index contributed by atoms with van der Waals surface area (Å²) in [7, 11) is -1.22.